The molecule has 0 saturated heterocycles. The van der Waals surface area contributed by atoms with Crippen LogP contribution in [0.2, 0.25) is 0 Å². The minimum absolute atomic E-state index is 0.0220. The van der Waals surface area contributed by atoms with Gasteiger partial charge in [0, 0.05) is 11.6 Å². The Balaban J connectivity index is 1.64. The van der Waals surface area contributed by atoms with Gasteiger partial charge < -0.3 is 4.74 Å². The molecule has 0 amide bonds. The molecule has 0 aliphatic rings. The molecule has 35 heavy (non-hydrogen) atoms. The van der Waals surface area contributed by atoms with Crippen LogP contribution in [0.5, 0.6) is 5.75 Å². The van der Waals surface area contributed by atoms with Gasteiger partial charge in [0.05, 0.1) is 0 Å². The van der Waals surface area contributed by atoms with Gasteiger partial charge in [0.25, 0.3) is 0 Å². The van der Waals surface area contributed by atoms with Gasteiger partial charge in [-0.15, -0.1) is 0 Å². The molecule has 0 aliphatic carbocycles. The Morgan fingerprint density at radius 2 is 1.11 bits per heavy atom. The average Bonchev–Trinajstić information content (AvgIpc) is 2.76. The first-order chi connectivity index (χ1) is 16.5. The first-order valence-corrected chi connectivity index (χ1v) is 10.0. The molecule has 4 aromatic carbocycles. The molecule has 0 aromatic heterocycles. The molecule has 1 nitrogen and oxygen atoms in total. The number of alkyl halides is 2. The lowest BCUT2D eigenvalue weighted by atomic mass is 10.0. The Labute approximate surface area is 194 Å². The summed E-state index contributed by atoms with van der Waals surface area (Å²) < 4.78 is 117. The normalized spacial score (nSPS) is 11.6. The Morgan fingerprint density at radius 3 is 1.66 bits per heavy atom. The highest BCUT2D eigenvalue weighted by Gasteiger charge is 2.41. The lowest BCUT2D eigenvalue weighted by Crippen LogP contribution is -2.25. The number of benzene rings is 4. The van der Waals surface area contributed by atoms with Crippen LogP contribution in [0.4, 0.5) is 35.1 Å². The van der Waals surface area contributed by atoms with E-state index in [1.807, 2.05) is 0 Å². The van der Waals surface area contributed by atoms with Gasteiger partial charge in [-0.2, -0.15) is 8.78 Å². The van der Waals surface area contributed by atoms with Crippen molar-refractivity contribution in [2.45, 2.75) is 13.0 Å². The number of hydrogen-bond donors (Lipinski definition) is 0. The van der Waals surface area contributed by atoms with Gasteiger partial charge in [0.2, 0.25) is 0 Å². The molecule has 4 rings (SSSR count). The number of halogens is 8. The number of rotatable bonds is 5. The van der Waals surface area contributed by atoms with Crippen LogP contribution in [0.3, 0.4) is 0 Å². The van der Waals surface area contributed by atoms with Crippen molar-refractivity contribution in [2.75, 3.05) is 0 Å². The van der Waals surface area contributed by atoms with E-state index in [1.54, 1.807) is 31.2 Å². The van der Waals surface area contributed by atoms with Crippen molar-refractivity contribution in [3.63, 3.8) is 0 Å². The van der Waals surface area contributed by atoms with Crippen molar-refractivity contribution in [1.29, 1.82) is 0 Å². The zero-order chi connectivity index (χ0) is 25.5. The van der Waals surface area contributed by atoms with Gasteiger partial charge in [-0.25, -0.2) is 26.3 Å². The topological polar surface area (TPSA) is 9.23 Å². The van der Waals surface area contributed by atoms with Gasteiger partial charge in [0.15, 0.2) is 17.5 Å². The molecular formula is C26H14F8O. The zero-order valence-electron chi connectivity index (χ0n) is 17.8. The number of ether oxygens (including phenoxy) is 1. The van der Waals surface area contributed by atoms with Crippen LogP contribution in [-0.4, -0.2) is 0 Å². The van der Waals surface area contributed by atoms with Gasteiger partial charge >= 0.3 is 6.11 Å². The zero-order valence-corrected chi connectivity index (χ0v) is 17.8. The summed E-state index contributed by atoms with van der Waals surface area (Å²) in [5.41, 5.74) is -1.22. The monoisotopic (exact) mass is 494 g/mol. The second-order valence-corrected chi connectivity index (χ2v) is 7.70. The highest BCUT2D eigenvalue weighted by atomic mass is 19.3. The molecule has 0 aliphatic heterocycles. The molecule has 4 aromatic rings. The van der Waals surface area contributed by atoms with Crippen molar-refractivity contribution in [2.24, 2.45) is 0 Å². The highest BCUT2D eigenvalue weighted by Crippen LogP contribution is 2.38. The maximum atomic E-state index is 14.7. The summed E-state index contributed by atoms with van der Waals surface area (Å²) in [6.45, 7) is 1.80. The Bertz CT molecular complexity index is 1370. The molecule has 9 heteroatoms. The van der Waals surface area contributed by atoms with Crippen LogP contribution in [0, 0.1) is 41.8 Å². The Kier molecular flexibility index (Phi) is 6.27. The van der Waals surface area contributed by atoms with E-state index < -0.39 is 63.5 Å². The van der Waals surface area contributed by atoms with E-state index in [1.165, 1.54) is 0 Å². The number of aryl methyl sites for hydroxylation is 1. The Hall–Kier alpha value is -3.88. The molecule has 180 valence electrons. The van der Waals surface area contributed by atoms with E-state index in [0.29, 0.717) is 23.8 Å². The van der Waals surface area contributed by atoms with Crippen LogP contribution < -0.4 is 4.74 Å². The Morgan fingerprint density at radius 1 is 0.571 bits per heavy atom. The SMILES string of the molecule is Cc1ccc(-c2cc(F)c(C(F)(F)Oc3ccc(-c4cc(F)c(F)c(F)c4)c(F)c3)c(F)c2)cc1. The largest absolute Gasteiger partial charge is 0.432 e. The number of hydrogen-bond acceptors (Lipinski definition) is 1. The van der Waals surface area contributed by atoms with Crippen molar-refractivity contribution in [3.05, 3.63) is 113 Å². The van der Waals surface area contributed by atoms with Gasteiger partial charge in [0.1, 0.15) is 28.8 Å². The summed E-state index contributed by atoms with van der Waals surface area (Å²) in [5.74, 6) is -10.1. The van der Waals surface area contributed by atoms with E-state index in [0.717, 1.165) is 29.8 Å². The summed E-state index contributed by atoms with van der Waals surface area (Å²) in [4.78, 5) is 0. The molecule has 0 spiro atoms. The van der Waals surface area contributed by atoms with E-state index in [9.17, 15) is 35.1 Å². The van der Waals surface area contributed by atoms with Crippen molar-refractivity contribution in [1.82, 2.24) is 0 Å². The summed E-state index contributed by atoms with van der Waals surface area (Å²) in [7, 11) is 0. The van der Waals surface area contributed by atoms with Crippen LogP contribution in [0.1, 0.15) is 11.1 Å². The fraction of sp³-hybridized carbons (Fsp3) is 0.0769. The second kappa shape index (κ2) is 9.05. The van der Waals surface area contributed by atoms with E-state index >= 15 is 0 Å². The highest BCUT2D eigenvalue weighted by molar-refractivity contribution is 5.66. The molecule has 0 atom stereocenters. The third-order valence-electron chi connectivity index (χ3n) is 5.20. The van der Waals surface area contributed by atoms with E-state index in [-0.39, 0.29) is 5.56 Å². The van der Waals surface area contributed by atoms with Crippen LogP contribution >= 0.6 is 0 Å². The molecular weight excluding hydrogens is 480 g/mol. The third-order valence-corrected chi connectivity index (χ3v) is 5.20. The first kappa shape index (κ1) is 24.3. The summed E-state index contributed by atoms with van der Waals surface area (Å²) in [6.07, 6.45) is -4.54. The molecule has 0 heterocycles. The molecule has 0 bridgehead atoms. The maximum Gasteiger partial charge on any atom is 0.432 e. The van der Waals surface area contributed by atoms with Crippen molar-refractivity contribution in [3.8, 4) is 28.0 Å². The minimum atomic E-state index is -4.54. The quantitative estimate of drug-likeness (QED) is 0.200. The third kappa shape index (κ3) is 4.84. The fourth-order valence-electron chi connectivity index (χ4n) is 3.47. The van der Waals surface area contributed by atoms with Gasteiger partial charge in [-0.05, 0) is 60.0 Å². The molecule has 0 saturated carbocycles. The van der Waals surface area contributed by atoms with Crippen molar-refractivity contribution >= 4 is 0 Å². The second-order valence-electron chi connectivity index (χ2n) is 7.70. The molecule has 0 radical (unpaired) electrons. The van der Waals surface area contributed by atoms with Crippen LogP contribution in [0.15, 0.2) is 66.7 Å². The standard InChI is InChI=1S/C26H14F8O/c1-13-2-4-14(5-3-13)15-8-20(28)24(21(29)9-15)26(33,34)35-17-6-7-18(19(27)12-17)16-10-22(30)25(32)23(31)11-16/h2-12H,1H3. The molecule has 0 unspecified atom stereocenters. The van der Waals surface area contributed by atoms with Gasteiger partial charge in [-0.1, -0.05) is 29.8 Å². The predicted octanol–water partition coefficient (Wildman–Crippen LogP) is 8.29. The smallest absolute Gasteiger partial charge is 0.429 e. The average molecular weight is 494 g/mol. The van der Waals surface area contributed by atoms with Crippen LogP contribution in [0.25, 0.3) is 22.3 Å². The van der Waals surface area contributed by atoms with Gasteiger partial charge in [-0.3, -0.25) is 0 Å². The maximum absolute atomic E-state index is 14.7. The molecule has 0 N–H and O–H groups in total. The predicted molar refractivity (Wildman–Crippen MR) is 113 cm³/mol. The summed E-state index contributed by atoms with van der Waals surface area (Å²) in [6, 6.07) is 11.1. The minimum Gasteiger partial charge on any atom is -0.429 e. The molecule has 0 fully saturated rings. The van der Waals surface area contributed by atoms with E-state index in [4.69, 9.17) is 0 Å². The lowest BCUT2D eigenvalue weighted by Gasteiger charge is -2.20. The first-order valence-electron chi connectivity index (χ1n) is 10.0. The summed E-state index contributed by atoms with van der Waals surface area (Å²) >= 11 is 0. The van der Waals surface area contributed by atoms with Crippen molar-refractivity contribution < 1.29 is 39.9 Å². The lowest BCUT2D eigenvalue weighted by molar-refractivity contribution is -0.189. The summed E-state index contributed by atoms with van der Waals surface area (Å²) in [5, 5.41) is 0. The van der Waals surface area contributed by atoms with E-state index in [2.05, 4.69) is 4.74 Å². The van der Waals surface area contributed by atoms with Crippen LogP contribution in [-0.2, 0) is 6.11 Å². The fourth-order valence-corrected chi connectivity index (χ4v) is 3.47.